The third-order valence-corrected chi connectivity index (χ3v) is 4.92. The first-order valence-corrected chi connectivity index (χ1v) is 9.82. The highest BCUT2D eigenvalue weighted by Crippen LogP contribution is 2.29. The van der Waals surface area contributed by atoms with Crippen molar-refractivity contribution in [3.05, 3.63) is 95.6 Å². The fourth-order valence-electron chi connectivity index (χ4n) is 3.28. The summed E-state index contributed by atoms with van der Waals surface area (Å²) in [5.41, 5.74) is 7.17. The minimum absolute atomic E-state index is 0.403. The number of para-hydroxylation sites is 1. The molecule has 5 rings (SSSR count). The monoisotopic (exact) mass is 409 g/mol. The van der Waals surface area contributed by atoms with Gasteiger partial charge >= 0.3 is 0 Å². The summed E-state index contributed by atoms with van der Waals surface area (Å²) < 4.78 is 0. The van der Waals surface area contributed by atoms with Crippen molar-refractivity contribution in [3.8, 4) is 11.3 Å². The van der Waals surface area contributed by atoms with E-state index in [1.165, 1.54) is 0 Å². The van der Waals surface area contributed by atoms with Crippen molar-refractivity contribution >= 4 is 45.6 Å². The Morgan fingerprint density at radius 3 is 2.50 bits per heavy atom. The largest absolute Gasteiger partial charge is 0.247 e. The van der Waals surface area contributed by atoms with Gasteiger partial charge < -0.3 is 0 Å². The second-order valence-electron chi connectivity index (χ2n) is 6.72. The van der Waals surface area contributed by atoms with Gasteiger partial charge in [-0.15, -0.1) is 0 Å². The Balaban J connectivity index is 1.49. The predicted octanol–water partition coefficient (Wildman–Crippen LogP) is 5.94. The topological polar surface area (TPSA) is 63.1 Å². The Morgan fingerprint density at radius 1 is 0.767 bits per heavy atom. The van der Waals surface area contributed by atoms with Crippen molar-refractivity contribution in [3.63, 3.8) is 0 Å². The lowest BCUT2D eigenvalue weighted by atomic mass is 10.1. The van der Waals surface area contributed by atoms with Gasteiger partial charge in [0, 0.05) is 21.4 Å². The molecule has 0 unspecified atom stereocenters. The van der Waals surface area contributed by atoms with Gasteiger partial charge in [-0.05, 0) is 30.3 Å². The van der Waals surface area contributed by atoms with Crippen LogP contribution in [0.2, 0.25) is 5.02 Å². The Hall–Kier alpha value is -3.83. The van der Waals surface area contributed by atoms with Crippen molar-refractivity contribution in [1.82, 2.24) is 15.0 Å². The van der Waals surface area contributed by atoms with Crippen LogP contribution in [0.15, 0.2) is 90.0 Å². The molecular formula is C24H16ClN5. The molecule has 0 aliphatic heterocycles. The zero-order valence-electron chi connectivity index (χ0n) is 15.8. The minimum Gasteiger partial charge on any atom is -0.247 e. The van der Waals surface area contributed by atoms with E-state index >= 15 is 0 Å². The van der Waals surface area contributed by atoms with E-state index < -0.39 is 0 Å². The maximum absolute atomic E-state index is 6.21. The number of aromatic nitrogens is 3. The molecule has 0 aliphatic carbocycles. The summed E-state index contributed by atoms with van der Waals surface area (Å²) in [4.78, 5) is 13.8. The van der Waals surface area contributed by atoms with E-state index in [-0.39, 0.29) is 0 Å². The van der Waals surface area contributed by atoms with Gasteiger partial charge in [0.1, 0.15) is 0 Å². The van der Waals surface area contributed by atoms with Gasteiger partial charge in [0.05, 0.1) is 28.6 Å². The average molecular weight is 410 g/mol. The fourth-order valence-corrected chi connectivity index (χ4v) is 3.45. The van der Waals surface area contributed by atoms with Gasteiger partial charge in [-0.2, -0.15) is 5.10 Å². The molecule has 5 nitrogen and oxygen atoms in total. The number of rotatable bonds is 4. The molecule has 144 valence electrons. The lowest BCUT2D eigenvalue weighted by Gasteiger charge is -2.09. The highest BCUT2D eigenvalue weighted by atomic mass is 35.5. The molecule has 2 heterocycles. The second kappa shape index (κ2) is 7.89. The van der Waals surface area contributed by atoms with Crippen molar-refractivity contribution in [2.75, 3.05) is 5.43 Å². The molecule has 5 aromatic rings. The molecule has 0 radical (unpaired) electrons. The lowest BCUT2D eigenvalue weighted by Crippen LogP contribution is -2.00. The highest BCUT2D eigenvalue weighted by Gasteiger charge is 2.10. The van der Waals surface area contributed by atoms with E-state index in [0.29, 0.717) is 11.0 Å². The Bertz CT molecular complexity index is 1380. The summed E-state index contributed by atoms with van der Waals surface area (Å²) in [5, 5.41) is 6.91. The molecule has 0 bridgehead atoms. The molecule has 1 N–H and O–H groups in total. The number of anilines is 1. The first kappa shape index (κ1) is 18.2. The third-order valence-electron chi connectivity index (χ3n) is 4.69. The van der Waals surface area contributed by atoms with E-state index in [0.717, 1.165) is 38.8 Å². The normalized spacial score (nSPS) is 11.4. The number of nitrogens with one attached hydrogen (secondary N) is 1. The van der Waals surface area contributed by atoms with Crippen LogP contribution in [0, 0.1) is 0 Å². The van der Waals surface area contributed by atoms with Crippen molar-refractivity contribution < 1.29 is 0 Å². The number of pyridine rings is 1. The fraction of sp³-hybridized carbons (Fsp3) is 0. The quantitative estimate of drug-likeness (QED) is 0.294. The molecule has 6 heteroatoms. The van der Waals surface area contributed by atoms with Crippen LogP contribution < -0.4 is 5.43 Å². The Kier molecular flexibility index (Phi) is 4.79. The summed E-state index contributed by atoms with van der Waals surface area (Å²) >= 11 is 6.21. The van der Waals surface area contributed by atoms with E-state index in [1.54, 1.807) is 6.21 Å². The van der Waals surface area contributed by atoms with Crippen LogP contribution in [0.4, 0.5) is 5.95 Å². The maximum atomic E-state index is 6.21. The molecule has 0 aliphatic rings. The second-order valence-corrected chi connectivity index (χ2v) is 7.16. The smallest absolute Gasteiger partial charge is 0.244 e. The molecule has 2 aromatic heterocycles. The Labute approximate surface area is 178 Å². The number of nitrogens with zero attached hydrogens (tertiary/aromatic N) is 4. The van der Waals surface area contributed by atoms with E-state index in [9.17, 15) is 0 Å². The molecule has 0 saturated carbocycles. The summed E-state index contributed by atoms with van der Waals surface area (Å²) in [6.07, 6.45) is 1.66. The van der Waals surface area contributed by atoms with Crippen LogP contribution in [0.3, 0.4) is 0 Å². The highest BCUT2D eigenvalue weighted by molar-refractivity contribution is 6.31. The standard InChI is InChI=1S/C24H16ClN5/c25-18-11-13-22-20(14-18)23(17-7-2-1-3-8-17)29-24(28-22)30-26-15-19-12-10-16-6-4-5-9-21(16)27-19/h1-15H,(H,28,29,30). The van der Waals surface area contributed by atoms with E-state index in [2.05, 4.69) is 25.5 Å². The van der Waals surface area contributed by atoms with Gasteiger partial charge in [0.15, 0.2) is 0 Å². The third kappa shape index (κ3) is 3.71. The van der Waals surface area contributed by atoms with Crippen LogP contribution in [0.1, 0.15) is 5.69 Å². The van der Waals surface area contributed by atoms with E-state index in [1.807, 2.05) is 84.9 Å². The first-order chi connectivity index (χ1) is 14.8. The molecule has 0 spiro atoms. The number of benzene rings is 3. The maximum Gasteiger partial charge on any atom is 0.244 e. The molecule has 0 atom stereocenters. The van der Waals surface area contributed by atoms with Crippen LogP contribution in [0.5, 0.6) is 0 Å². The molecule has 0 amide bonds. The molecule has 30 heavy (non-hydrogen) atoms. The Morgan fingerprint density at radius 2 is 1.60 bits per heavy atom. The zero-order valence-corrected chi connectivity index (χ0v) is 16.6. The van der Waals surface area contributed by atoms with Crippen molar-refractivity contribution in [2.24, 2.45) is 5.10 Å². The summed E-state index contributed by atoms with van der Waals surface area (Å²) in [6.45, 7) is 0. The first-order valence-electron chi connectivity index (χ1n) is 9.44. The summed E-state index contributed by atoms with van der Waals surface area (Å²) in [5.74, 6) is 0.403. The van der Waals surface area contributed by atoms with Gasteiger partial charge in [-0.1, -0.05) is 66.2 Å². The van der Waals surface area contributed by atoms with Crippen LogP contribution in [-0.4, -0.2) is 21.2 Å². The number of fused-ring (bicyclic) bond motifs is 2. The minimum atomic E-state index is 0.403. The van der Waals surface area contributed by atoms with Crippen LogP contribution in [-0.2, 0) is 0 Å². The predicted molar refractivity (Wildman–Crippen MR) is 123 cm³/mol. The van der Waals surface area contributed by atoms with Crippen LogP contribution >= 0.6 is 11.6 Å². The number of hydrogen-bond acceptors (Lipinski definition) is 5. The summed E-state index contributed by atoms with van der Waals surface area (Å²) in [6, 6.07) is 27.4. The van der Waals surface area contributed by atoms with Gasteiger partial charge in [-0.3, -0.25) is 0 Å². The van der Waals surface area contributed by atoms with E-state index in [4.69, 9.17) is 11.6 Å². The van der Waals surface area contributed by atoms with Crippen LogP contribution in [0.25, 0.3) is 33.1 Å². The van der Waals surface area contributed by atoms with Crippen molar-refractivity contribution in [1.29, 1.82) is 0 Å². The van der Waals surface area contributed by atoms with Gasteiger partial charge in [0.2, 0.25) is 5.95 Å². The lowest BCUT2D eigenvalue weighted by molar-refractivity contribution is 1.15. The number of hydrogen-bond donors (Lipinski definition) is 1. The van der Waals surface area contributed by atoms with Gasteiger partial charge in [0.25, 0.3) is 0 Å². The molecule has 3 aromatic carbocycles. The average Bonchev–Trinajstić information content (AvgIpc) is 2.79. The number of hydrazone groups is 1. The van der Waals surface area contributed by atoms with Crippen molar-refractivity contribution in [2.45, 2.75) is 0 Å². The molecule has 0 fully saturated rings. The summed E-state index contributed by atoms with van der Waals surface area (Å²) in [7, 11) is 0. The molecular weight excluding hydrogens is 394 g/mol. The number of halogens is 1. The SMILES string of the molecule is Clc1ccc2nc(NN=Cc3ccc4ccccc4n3)nc(-c3ccccc3)c2c1. The zero-order chi connectivity index (χ0) is 20.3. The molecule has 0 saturated heterocycles. The van der Waals surface area contributed by atoms with Gasteiger partial charge in [-0.25, -0.2) is 20.4 Å².